The third-order valence-electron chi connectivity index (χ3n) is 4.70. The molecule has 0 heterocycles. The molecule has 2 fully saturated rings. The van der Waals surface area contributed by atoms with Crippen LogP contribution in [0.1, 0.15) is 57.8 Å². The molecule has 2 saturated carbocycles. The van der Waals surface area contributed by atoms with Gasteiger partial charge in [-0.1, -0.05) is 6.08 Å². The maximum atomic E-state index is 11.9. The van der Waals surface area contributed by atoms with Gasteiger partial charge in [-0.2, -0.15) is 0 Å². The van der Waals surface area contributed by atoms with E-state index in [1.54, 1.807) is 6.08 Å². The van der Waals surface area contributed by atoms with Crippen molar-refractivity contribution >= 4 is 5.78 Å². The van der Waals surface area contributed by atoms with Gasteiger partial charge in [-0.05, 0) is 62.7 Å². The summed E-state index contributed by atoms with van der Waals surface area (Å²) in [6.07, 6.45) is 12.2. The summed E-state index contributed by atoms with van der Waals surface area (Å²) in [6, 6.07) is 0. The van der Waals surface area contributed by atoms with Crippen molar-refractivity contribution in [3.05, 3.63) is 12.4 Å². The van der Waals surface area contributed by atoms with Crippen molar-refractivity contribution in [1.82, 2.24) is 0 Å². The lowest BCUT2D eigenvalue weighted by Gasteiger charge is -2.35. The molecule has 0 aromatic heterocycles. The molecule has 2 rings (SSSR count). The normalized spacial score (nSPS) is 32.2. The first kappa shape index (κ1) is 12.8. The fraction of sp³-hybridized carbons (Fsp3) is 0.800. The average Bonchev–Trinajstić information content (AvgIpc) is 2.38. The number of halogens is 1. The zero-order valence-corrected chi connectivity index (χ0v) is 10.5. The molecule has 17 heavy (non-hydrogen) atoms. The minimum atomic E-state index is 0.461. The van der Waals surface area contributed by atoms with Gasteiger partial charge in [0, 0.05) is 12.8 Å². The number of allylic oxidation sites excluding steroid dienone is 1. The van der Waals surface area contributed by atoms with E-state index in [-0.39, 0.29) is 0 Å². The lowest BCUT2D eigenvalue weighted by molar-refractivity contribution is -0.121. The molecular formula is C15H23FO. The Bertz CT molecular complexity index is 267. The van der Waals surface area contributed by atoms with E-state index in [1.807, 2.05) is 0 Å². The summed E-state index contributed by atoms with van der Waals surface area (Å²) in [5, 5.41) is 0. The molecule has 0 aliphatic heterocycles. The number of ketones is 1. The van der Waals surface area contributed by atoms with Gasteiger partial charge in [0.1, 0.15) is 5.78 Å². The van der Waals surface area contributed by atoms with Crippen molar-refractivity contribution in [3.63, 3.8) is 0 Å². The quantitative estimate of drug-likeness (QED) is 0.711. The van der Waals surface area contributed by atoms with Crippen LogP contribution in [0.15, 0.2) is 12.4 Å². The highest BCUT2D eigenvalue weighted by atomic mass is 19.1. The molecule has 0 bridgehead atoms. The molecule has 96 valence electrons. The van der Waals surface area contributed by atoms with Gasteiger partial charge >= 0.3 is 0 Å². The predicted octanol–water partition coefficient (Wildman–Crippen LogP) is 4.43. The Morgan fingerprint density at radius 1 is 1.00 bits per heavy atom. The van der Waals surface area contributed by atoms with E-state index < -0.39 is 0 Å². The number of hydrogen-bond donors (Lipinski definition) is 0. The molecular weight excluding hydrogens is 215 g/mol. The highest BCUT2D eigenvalue weighted by molar-refractivity contribution is 5.79. The molecule has 1 nitrogen and oxygen atoms in total. The SMILES string of the molecule is O=C1CCC(C2CCC(C/C=C/F)CC2)CC1. The highest BCUT2D eigenvalue weighted by Gasteiger charge is 2.29. The van der Waals surface area contributed by atoms with Gasteiger partial charge < -0.3 is 0 Å². The first-order valence-electron chi connectivity index (χ1n) is 7.06. The van der Waals surface area contributed by atoms with Crippen molar-refractivity contribution in [2.75, 3.05) is 0 Å². The Morgan fingerprint density at radius 2 is 1.59 bits per heavy atom. The second kappa shape index (κ2) is 6.32. The molecule has 2 heteroatoms. The van der Waals surface area contributed by atoms with E-state index in [0.29, 0.717) is 18.0 Å². The first-order chi connectivity index (χ1) is 8.29. The van der Waals surface area contributed by atoms with Crippen LogP contribution in [-0.2, 0) is 4.79 Å². The van der Waals surface area contributed by atoms with Crippen molar-refractivity contribution in [2.45, 2.75) is 57.8 Å². The van der Waals surface area contributed by atoms with Gasteiger partial charge in [0.05, 0.1) is 6.33 Å². The Kier molecular flexibility index (Phi) is 4.75. The standard InChI is InChI=1S/C15H23FO/c16-11-1-2-12-3-5-13(6-4-12)14-7-9-15(17)10-8-14/h1,11-14H,2-10H2/b11-1+. The van der Waals surface area contributed by atoms with E-state index >= 15 is 0 Å². The monoisotopic (exact) mass is 238 g/mol. The van der Waals surface area contributed by atoms with Gasteiger partial charge in [0.15, 0.2) is 0 Å². The molecule has 0 radical (unpaired) electrons. The summed E-state index contributed by atoms with van der Waals surface area (Å²) in [7, 11) is 0. The maximum Gasteiger partial charge on any atom is 0.132 e. The Morgan fingerprint density at radius 3 is 2.18 bits per heavy atom. The van der Waals surface area contributed by atoms with Crippen LogP contribution in [0.4, 0.5) is 4.39 Å². The molecule has 0 N–H and O–H groups in total. The van der Waals surface area contributed by atoms with Crippen LogP contribution in [0, 0.1) is 17.8 Å². The van der Waals surface area contributed by atoms with Crippen molar-refractivity contribution in [1.29, 1.82) is 0 Å². The molecule has 0 spiro atoms. The number of Topliss-reactive ketones (excluding diaryl/α,β-unsaturated/α-hetero) is 1. The van der Waals surface area contributed by atoms with Gasteiger partial charge in [-0.25, -0.2) is 4.39 Å². The molecule has 2 aliphatic rings. The van der Waals surface area contributed by atoms with Crippen LogP contribution in [0.5, 0.6) is 0 Å². The second-order valence-corrected chi connectivity index (χ2v) is 5.75. The zero-order chi connectivity index (χ0) is 12.1. The summed E-state index contributed by atoms with van der Waals surface area (Å²) in [5.74, 6) is 2.80. The van der Waals surface area contributed by atoms with Gasteiger partial charge in [0.2, 0.25) is 0 Å². The molecule has 2 aliphatic carbocycles. The maximum absolute atomic E-state index is 11.9. The number of carbonyl (C=O) groups excluding carboxylic acids is 1. The summed E-state index contributed by atoms with van der Waals surface area (Å²) < 4.78 is 11.9. The molecule has 0 saturated heterocycles. The Labute approximate surface area is 103 Å². The minimum Gasteiger partial charge on any atom is -0.300 e. The summed E-state index contributed by atoms with van der Waals surface area (Å²) >= 11 is 0. The summed E-state index contributed by atoms with van der Waals surface area (Å²) in [5.41, 5.74) is 0. The van der Waals surface area contributed by atoms with E-state index in [9.17, 15) is 9.18 Å². The third-order valence-corrected chi connectivity index (χ3v) is 4.70. The topological polar surface area (TPSA) is 17.1 Å². The van der Waals surface area contributed by atoms with Crippen molar-refractivity contribution in [3.8, 4) is 0 Å². The second-order valence-electron chi connectivity index (χ2n) is 5.75. The highest BCUT2D eigenvalue weighted by Crippen LogP contribution is 2.40. The molecule has 0 amide bonds. The van der Waals surface area contributed by atoms with Crippen LogP contribution in [0.3, 0.4) is 0 Å². The van der Waals surface area contributed by atoms with Crippen LogP contribution >= 0.6 is 0 Å². The fourth-order valence-corrected chi connectivity index (χ4v) is 3.57. The van der Waals surface area contributed by atoms with E-state index in [0.717, 1.165) is 43.9 Å². The number of rotatable bonds is 3. The third kappa shape index (κ3) is 3.65. The van der Waals surface area contributed by atoms with Crippen LogP contribution in [-0.4, -0.2) is 5.78 Å². The van der Waals surface area contributed by atoms with E-state index in [4.69, 9.17) is 0 Å². The zero-order valence-electron chi connectivity index (χ0n) is 10.5. The first-order valence-corrected chi connectivity index (χ1v) is 7.06. The van der Waals surface area contributed by atoms with Crippen LogP contribution in [0.25, 0.3) is 0 Å². The Hall–Kier alpha value is -0.660. The van der Waals surface area contributed by atoms with Gasteiger partial charge in [0.25, 0.3) is 0 Å². The molecule has 0 aromatic rings. The lowest BCUT2D eigenvalue weighted by atomic mass is 9.70. The average molecular weight is 238 g/mol. The van der Waals surface area contributed by atoms with Gasteiger partial charge in [-0.15, -0.1) is 0 Å². The van der Waals surface area contributed by atoms with Crippen LogP contribution in [0.2, 0.25) is 0 Å². The fourth-order valence-electron chi connectivity index (χ4n) is 3.57. The van der Waals surface area contributed by atoms with Gasteiger partial charge in [-0.3, -0.25) is 4.79 Å². The Balaban J connectivity index is 1.73. The predicted molar refractivity (Wildman–Crippen MR) is 67.3 cm³/mol. The van der Waals surface area contributed by atoms with Crippen molar-refractivity contribution in [2.24, 2.45) is 17.8 Å². The molecule has 0 unspecified atom stereocenters. The smallest absolute Gasteiger partial charge is 0.132 e. The van der Waals surface area contributed by atoms with E-state index in [1.165, 1.54) is 25.7 Å². The summed E-state index contributed by atoms with van der Waals surface area (Å²) in [6.45, 7) is 0. The number of hydrogen-bond acceptors (Lipinski definition) is 1. The van der Waals surface area contributed by atoms with Crippen molar-refractivity contribution < 1.29 is 9.18 Å². The minimum absolute atomic E-state index is 0.461. The van der Waals surface area contributed by atoms with E-state index in [2.05, 4.69) is 0 Å². The summed E-state index contributed by atoms with van der Waals surface area (Å²) in [4.78, 5) is 11.2. The lowest BCUT2D eigenvalue weighted by Crippen LogP contribution is -2.25. The largest absolute Gasteiger partial charge is 0.300 e. The van der Waals surface area contributed by atoms with Crippen LogP contribution < -0.4 is 0 Å². The molecule has 0 aromatic carbocycles. The molecule has 0 atom stereocenters. The number of carbonyl (C=O) groups is 1.